The molecule has 0 radical (unpaired) electrons. The molecule has 2 aromatic rings. The van der Waals surface area contributed by atoms with Gasteiger partial charge in [0, 0.05) is 30.6 Å². The van der Waals surface area contributed by atoms with Gasteiger partial charge in [-0.3, -0.25) is 0 Å². The van der Waals surface area contributed by atoms with Gasteiger partial charge in [0.15, 0.2) is 0 Å². The molecule has 6 nitrogen and oxygen atoms in total. The van der Waals surface area contributed by atoms with E-state index in [1.165, 1.54) is 0 Å². The van der Waals surface area contributed by atoms with Crippen LogP contribution in [0.4, 0.5) is 5.82 Å². The lowest BCUT2D eigenvalue weighted by Crippen LogP contribution is -2.29. The summed E-state index contributed by atoms with van der Waals surface area (Å²) in [7, 11) is 1.80. The van der Waals surface area contributed by atoms with Crippen LogP contribution in [0.5, 0.6) is 0 Å². The van der Waals surface area contributed by atoms with Crippen molar-refractivity contribution in [3.63, 3.8) is 0 Å². The van der Waals surface area contributed by atoms with Gasteiger partial charge in [0.05, 0.1) is 11.8 Å². The fraction of sp³-hybridized carbons (Fsp3) is 0.588. The molecular formula is C17H25N5O. The van der Waals surface area contributed by atoms with Crippen LogP contribution in [0.3, 0.4) is 0 Å². The Kier molecular flexibility index (Phi) is 4.61. The van der Waals surface area contributed by atoms with Gasteiger partial charge in [0.25, 0.3) is 5.95 Å². The first-order valence-electron chi connectivity index (χ1n) is 8.24. The predicted octanol–water partition coefficient (Wildman–Crippen LogP) is 2.96. The highest BCUT2D eigenvalue weighted by Crippen LogP contribution is 2.23. The minimum Gasteiger partial charge on any atom is -0.381 e. The number of nitrogens with one attached hydrogen (secondary N) is 1. The van der Waals surface area contributed by atoms with Gasteiger partial charge in [-0.25, -0.2) is 9.67 Å². The highest BCUT2D eigenvalue weighted by atomic mass is 16.5. The van der Waals surface area contributed by atoms with Gasteiger partial charge < -0.3 is 10.1 Å². The molecule has 6 heteroatoms. The average Bonchev–Trinajstić information content (AvgIpc) is 2.86. The van der Waals surface area contributed by atoms with E-state index >= 15 is 0 Å². The summed E-state index contributed by atoms with van der Waals surface area (Å²) in [5.41, 5.74) is 2.95. The number of methoxy groups -OCH3 is 1. The molecule has 2 aromatic heterocycles. The van der Waals surface area contributed by atoms with Gasteiger partial charge in [-0.1, -0.05) is 0 Å². The molecule has 1 fully saturated rings. The third-order valence-electron chi connectivity index (χ3n) is 4.40. The first-order valence-corrected chi connectivity index (χ1v) is 8.24. The Balaban J connectivity index is 1.77. The summed E-state index contributed by atoms with van der Waals surface area (Å²) in [6.45, 7) is 5.99. The average molecular weight is 315 g/mol. The number of nitrogens with zero attached hydrogens (tertiary/aromatic N) is 4. The molecular weight excluding hydrogens is 290 g/mol. The zero-order valence-electron chi connectivity index (χ0n) is 14.3. The second-order valence-corrected chi connectivity index (χ2v) is 6.39. The molecule has 1 aliphatic carbocycles. The van der Waals surface area contributed by atoms with E-state index in [4.69, 9.17) is 4.74 Å². The monoisotopic (exact) mass is 315 g/mol. The topological polar surface area (TPSA) is 64.9 Å². The Morgan fingerprint density at radius 1 is 1.04 bits per heavy atom. The van der Waals surface area contributed by atoms with Crippen LogP contribution in [0, 0.1) is 20.8 Å². The molecule has 124 valence electrons. The first-order chi connectivity index (χ1) is 11.0. The Morgan fingerprint density at radius 2 is 1.78 bits per heavy atom. The van der Waals surface area contributed by atoms with E-state index < -0.39 is 0 Å². The van der Waals surface area contributed by atoms with E-state index in [2.05, 4.69) is 20.4 Å². The summed E-state index contributed by atoms with van der Waals surface area (Å²) in [5.74, 6) is 1.50. The van der Waals surface area contributed by atoms with Crippen LogP contribution in [0.15, 0.2) is 12.1 Å². The lowest BCUT2D eigenvalue weighted by molar-refractivity contribution is 0.0681. The van der Waals surface area contributed by atoms with Crippen molar-refractivity contribution < 1.29 is 4.74 Å². The highest BCUT2D eigenvalue weighted by Gasteiger charge is 2.21. The van der Waals surface area contributed by atoms with Crippen molar-refractivity contribution in [1.29, 1.82) is 0 Å². The summed E-state index contributed by atoms with van der Waals surface area (Å²) < 4.78 is 7.24. The van der Waals surface area contributed by atoms with Crippen LogP contribution in [0.25, 0.3) is 5.95 Å². The maximum absolute atomic E-state index is 5.44. The number of ether oxygens (including phenoxy) is 1. The minimum atomic E-state index is 0.408. The largest absolute Gasteiger partial charge is 0.381 e. The van der Waals surface area contributed by atoms with E-state index in [1.807, 2.05) is 32.9 Å². The van der Waals surface area contributed by atoms with Gasteiger partial charge in [0.2, 0.25) is 0 Å². The molecule has 0 atom stereocenters. The van der Waals surface area contributed by atoms with Crippen LogP contribution in [-0.2, 0) is 4.74 Å². The zero-order valence-corrected chi connectivity index (χ0v) is 14.3. The number of aromatic nitrogens is 4. The van der Waals surface area contributed by atoms with Crippen molar-refractivity contribution in [1.82, 2.24) is 19.7 Å². The fourth-order valence-electron chi connectivity index (χ4n) is 3.20. The third kappa shape index (κ3) is 3.69. The second-order valence-electron chi connectivity index (χ2n) is 6.39. The molecule has 0 aliphatic heterocycles. The first kappa shape index (κ1) is 15.9. The second kappa shape index (κ2) is 6.66. The predicted molar refractivity (Wildman–Crippen MR) is 90.0 cm³/mol. The molecule has 0 spiro atoms. The Morgan fingerprint density at radius 3 is 2.39 bits per heavy atom. The van der Waals surface area contributed by atoms with Crippen LogP contribution in [0.1, 0.15) is 42.8 Å². The van der Waals surface area contributed by atoms with Gasteiger partial charge in [-0.05, 0) is 52.5 Å². The Hall–Kier alpha value is -1.95. The molecule has 0 unspecified atom stereocenters. The smallest absolute Gasteiger partial charge is 0.252 e. The minimum absolute atomic E-state index is 0.408. The lowest BCUT2D eigenvalue weighted by atomic mass is 9.93. The Bertz CT molecular complexity index is 674. The van der Waals surface area contributed by atoms with Crippen molar-refractivity contribution in [2.75, 3.05) is 12.4 Å². The van der Waals surface area contributed by atoms with Gasteiger partial charge in [-0.2, -0.15) is 10.1 Å². The van der Waals surface area contributed by atoms with Crippen molar-refractivity contribution in [3.8, 4) is 5.95 Å². The van der Waals surface area contributed by atoms with Crippen molar-refractivity contribution in [2.24, 2.45) is 0 Å². The van der Waals surface area contributed by atoms with Crippen LogP contribution in [0.2, 0.25) is 0 Å². The molecule has 23 heavy (non-hydrogen) atoms. The molecule has 0 bridgehead atoms. The van der Waals surface area contributed by atoms with E-state index in [0.717, 1.165) is 48.6 Å². The number of hydrogen-bond acceptors (Lipinski definition) is 5. The number of aryl methyl sites for hydroxylation is 3. The van der Waals surface area contributed by atoms with Crippen molar-refractivity contribution >= 4 is 5.82 Å². The summed E-state index contributed by atoms with van der Waals surface area (Å²) in [5, 5.41) is 8.03. The van der Waals surface area contributed by atoms with E-state index in [9.17, 15) is 0 Å². The SMILES string of the molecule is COC1CCC(Nc2cc(C)nc(-n3nc(C)cc3C)n2)CC1. The Labute approximate surface area is 137 Å². The number of anilines is 1. The van der Waals surface area contributed by atoms with E-state index in [1.54, 1.807) is 11.8 Å². The molecule has 0 amide bonds. The molecule has 1 N–H and O–H groups in total. The zero-order chi connectivity index (χ0) is 16.4. The summed E-state index contributed by atoms with van der Waals surface area (Å²) in [4.78, 5) is 9.18. The molecule has 3 rings (SSSR count). The van der Waals surface area contributed by atoms with Crippen LogP contribution < -0.4 is 5.32 Å². The van der Waals surface area contributed by atoms with E-state index in [-0.39, 0.29) is 0 Å². The molecule has 1 aliphatic rings. The number of rotatable bonds is 4. The fourth-order valence-corrected chi connectivity index (χ4v) is 3.20. The standard InChI is InChI=1S/C17H25N5O/c1-11-10-16(19-14-5-7-15(23-4)8-6-14)20-17(18-11)22-13(3)9-12(2)21-22/h9-10,14-15H,5-8H2,1-4H3,(H,18,19,20). The van der Waals surface area contributed by atoms with Crippen LogP contribution in [-0.4, -0.2) is 39.0 Å². The highest BCUT2D eigenvalue weighted by molar-refractivity contribution is 5.40. The maximum atomic E-state index is 5.44. The van der Waals surface area contributed by atoms with Gasteiger partial charge in [-0.15, -0.1) is 0 Å². The lowest BCUT2D eigenvalue weighted by Gasteiger charge is -2.28. The van der Waals surface area contributed by atoms with Crippen molar-refractivity contribution in [3.05, 3.63) is 29.2 Å². The van der Waals surface area contributed by atoms with Crippen molar-refractivity contribution in [2.45, 2.75) is 58.6 Å². The summed E-state index contributed by atoms with van der Waals surface area (Å²) in [6, 6.07) is 4.48. The molecule has 0 aromatic carbocycles. The quantitative estimate of drug-likeness (QED) is 0.939. The molecule has 2 heterocycles. The van der Waals surface area contributed by atoms with Crippen LogP contribution >= 0.6 is 0 Å². The maximum Gasteiger partial charge on any atom is 0.252 e. The molecule has 0 saturated heterocycles. The van der Waals surface area contributed by atoms with Gasteiger partial charge in [0.1, 0.15) is 5.82 Å². The normalized spacial score (nSPS) is 21.4. The van der Waals surface area contributed by atoms with E-state index in [0.29, 0.717) is 18.1 Å². The third-order valence-corrected chi connectivity index (χ3v) is 4.40. The number of hydrogen-bond donors (Lipinski definition) is 1. The molecule has 1 saturated carbocycles. The van der Waals surface area contributed by atoms with Gasteiger partial charge >= 0.3 is 0 Å². The summed E-state index contributed by atoms with van der Waals surface area (Å²) >= 11 is 0. The summed E-state index contributed by atoms with van der Waals surface area (Å²) in [6.07, 6.45) is 4.82.